The minimum absolute atomic E-state index is 0.188. The number of hydrogen-bond donors (Lipinski definition) is 1. The Morgan fingerprint density at radius 1 is 0.815 bits per heavy atom. The Hall–Kier alpha value is -2.16. The van der Waals surface area contributed by atoms with Crippen molar-refractivity contribution >= 4 is 11.6 Å². The Morgan fingerprint density at radius 3 is 2.11 bits per heavy atom. The molecule has 4 rings (SSSR count). The normalized spacial score (nSPS) is 16.2. The van der Waals surface area contributed by atoms with Gasteiger partial charge in [-0.1, -0.05) is 73.3 Å². The van der Waals surface area contributed by atoms with Gasteiger partial charge in [-0.15, -0.1) is 0 Å². The number of hydrogen-bond acceptors (Lipinski definition) is 2. The van der Waals surface area contributed by atoms with Crippen LogP contribution in [0.2, 0.25) is 5.02 Å². The average molecular weight is 377 g/mol. The molecular weight excluding hydrogens is 352 g/mol. The van der Waals surface area contributed by atoms with Gasteiger partial charge in [0, 0.05) is 23.5 Å². The molecule has 1 aliphatic rings. The van der Waals surface area contributed by atoms with Gasteiger partial charge < -0.3 is 5.32 Å². The molecule has 2 nitrogen and oxygen atoms in total. The summed E-state index contributed by atoms with van der Waals surface area (Å²) in [6.45, 7) is 0. The summed E-state index contributed by atoms with van der Waals surface area (Å²) < 4.78 is 0. The smallest absolute Gasteiger partial charge is 0.0578 e. The van der Waals surface area contributed by atoms with Crippen molar-refractivity contribution in [1.82, 2.24) is 10.3 Å². The molecule has 3 aromatic rings. The molecule has 1 atom stereocenters. The van der Waals surface area contributed by atoms with Gasteiger partial charge in [0.2, 0.25) is 0 Å². The molecule has 1 N–H and O–H groups in total. The van der Waals surface area contributed by atoms with Crippen molar-refractivity contribution < 1.29 is 0 Å². The van der Waals surface area contributed by atoms with Crippen LogP contribution in [-0.2, 0) is 0 Å². The van der Waals surface area contributed by atoms with Crippen LogP contribution in [0, 0.1) is 0 Å². The van der Waals surface area contributed by atoms with Crippen LogP contribution in [0.15, 0.2) is 73.1 Å². The first-order valence-corrected chi connectivity index (χ1v) is 10.2. The number of aromatic nitrogens is 1. The van der Waals surface area contributed by atoms with Crippen LogP contribution < -0.4 is 5.32 Å². The lowest BCUT2D eigenvalue weighted by Crippen LogP contribution is -2.35. The van der Waals surface area contributed by atoms with Crippen LogP contribution in [-0.4, -0.2) is 11.0 Å². The Bertz CT molecular complexity index is 838. The largest absolute Gasteiger partial charge is 0.303 e. The highest BCUT2D eigenvalue weighted by molar-refractivity contribution is 6.30. The lowest BCUT2D eigenvalue weighted by atomic mass is 9.91. The number of halogens is 1. The summed E-state index contributed by atoms with van der Waals surface area (Å²) in [5, 5.41) is 4.69. The summed E-state index contributed by atoms with van der Waals surface area (Å²) in [7, 11) is 0. The molecule has 0 bridgehead atoms. The number of benzene rings is 2. The van der Waals surface area contributed by atoms with Gasteiger partial charge in [0.05, 0.1) is 6.04 Å². The standard InChI is InChI=1S/C24H25ClN2/c25-22-14-12-20(13-15-22)24(27-23-6-2-1-3-7-23)19-10-8-18(9-11-19)21-5-4-16-26-17-21/h4-5,8-17,23-24,27H,1-3,6-7H2. The third-order valence-corrected chi connectivity index (χ3v) is 5.70. The van der Waals surface area contributed by atoms with Crippen molar-refractivity contribution in [3.8, 4) is 11.1 Å². The first kappa shape index (κ1) is 18.2. The van der Waals surface area contributed by atoms with Gasteiger partial charge in [-0.05, 0) is 53.3 Å². The Labute approximate surface area is 166 Å². The molecule has 0 aliphatic heterocycles. The van der Waals surface area contributed by atoms with Crippen molar-refractivity contribution in [2.75, 3.05) is 0 Å². The van der Waals surface area contributed by atoms with Gasteiger partial charge in [-0.25, -0.2) is 0 Å². The van der Waals surface area contributed by atoms with Gasteiger partial charge in [0.15, 0.2) is 0 Å². The van der Waals surface area contributed by atoms with Gasteiger partial charge in [0.1, 0.15) is 0 Å². The minimum Gasteiger partial charge on any atom is -0.303 e. The third-order valence-electron chi connectivity index (χ3n) is 5.45. The van der Waals surface area contributed by atoms with Crippen molar-refractivity contribution in [3.63, 3.8) is 0 Å². The number of pyridine rings is 1. The number of rotatable bonds is 5. The van der Waals surface area contributed by atoms with Gasteiger partial charge in [-0.3, -0.25) is 4.98 Å². The quantitative estimate of drug-likeness (QED) is 0.556. The molecule has 1 aromatic heterocycles. The van der Waals surface area contributed by atoms with Crippen molar-refractivity contribution in [3.05, 3.63) is 89.2 Å². The molecule has 138 valence electrons. The zero-order chi connectivity index (χ0) is 18.5. The van der Waals surface area contributed by atoms with E-state index in [-0.39, 0.29) is 6.04 Å². The lowest BCUT2D eigenvalue weighted by molar-refractivity contribution is 0.354. The molecular formula is C24H25ClN2. The number of nitrogens with zero attached hydrogens (tertiary/aromatic N) is 1. The predicted octanol–water partition coefficient (Wildman–Crippen LogP) is 6.41. The molecule has 1 fully saturated rings. The Balaban J connectivity index is 1.62. The molecule has 1 unspecified atom stereocenters. The summed E-state index contributed by atoms with van der Waals surface area (Å²) >= 11 is 6.12. The zero-order valence-corrected chi connectivity index (χ0v) is 16.2. The van der Waals surface area contributed by atoms with E-state index < -0.39 is 0 Å². The van der Waals surface area contributed by atoms with Crippen molar-refractivity contribution in [2.45, 2.75) is 44.2 Å². The second kappa shape index (κ2) is 8.69. The maximum Gasteiger partial charge on any atom is 0.0578 e. The van der Waals surface area contributed by atoms with Crippen LogP contribution in [0.4, 0.5) is 0 Å². The van der Waals surface area contributed by atoms with E-state index in [0.717, 1.165) is 10.6 Å². The summed E-state index contributed by atoms with van der Waals surface area (Å²) in [6, 6.07) is 21.9. The number of nitrogens with one attached hydrogen (secondary N) is 1. The molecule has 0 spiro atoms. The van der Waals surface area contributed by atoms with Gasteiger partial charge in [-0.2, -0.15) is 0 Å². The highest BCUT2D eigenvalue weighted by Gasteiger charge is 2.20. The summed E-state index contributed by atoms with van der Waals surface area (Å²) in [5.41, 5.74) is 4.89. The van der Waals surface area contributed by atoms with E-state index in [9.17, 15) is 0 Å². The van der Waals surface area contributed by atoms with Crippen LogP contribution in [0.3, 0.4) is 0 Å². The molecule has 0 saturated heterocycles. The van der Waals surface area contributed by atoms with Gasteiger partial charge in [0.25, 0.3) is 0 Å². The molecule has 1 heterocycles. The topological polar surface area (TPSA) is 24.9 Å². The maximum atomic E-state index is 6.12. The van der Waals surface area contributed by atoms with Crippen LogP contribution in [0.25, 0.3) is 11.1 Å². The first-order chi connectivity index (χ1) is 13.3. The summed E-state index contributed by atoms with van der Waals surface area (Å²) in [5.74, 6) is 0. The SMILES string of the molecule is Clc1ccc(C(NC2CCCCC2)c2ccc(-c3cccnc3)cc2)cc1. The van der Waals surface area contributed by atoms with E-state index in [1.165, 1.54) is 48.8 Å². The first-order valence-electron chi connectivity index (χ1n) is 9.81. The molecule has 0 amide bonds. The van der Waals surface area contributed by atoms with E-state index in [4.69, 9.17) is 11.6 Å². The highest BCUT2D eigenvalue weighted by Crippen LogP contribution is 2.29. The fourth-order valence-corrected chi connectivity index (χ4v) is 4.07. The lowest BCUT2D eigenvalue weighted by Gasteiger charge is -2.29. The van der Waals surface area contributed by atoms with Gasteiger partial charge >= 0.3 is 0 Å². The zero-order valence-electron chi connectivity index (χ0n) is 15.4. The van der Waals surface area contributed by atoms with E-state index in [2.05, 4.69) is 52.8 Å². The third kappa shape index (κ3) is 4.58. The maximum absolute atomic E-state index is 6.12. The second-order valence-electron chi connectivity index (χ2n) is 7.35. The fraction of sp³-hybridized carbons (Fsp3) is 0.292. The average Bonchev–Trinajstić information content (AvgIpc) is 2.74. The Kier molecular flexibility index (Phi) is 5.86. The van der Waals surface area contributed by atoms with Crippen molar-refractivity contribution in [1.29, 1.82) is 0 Å². The van der Waals surface area contributed by atoms with E-state index in [0.29, 0.717) is 6.04 Å². The van der Waals surface area contributed by atoms with E-state index in [1.54, 1.807) is 0 Å². The molecule has 0 radical (unpaired) electrons. The molecule has 27 heavy (non-hydrogen) atoms. The van der Waals surface area contributed by atoms with Crippen LogP contribution in [0.1, 0.15) is 49.3 Å². The van der Waals surface area contributed by atoms with Crippen LogP contribution >= 0.6 is 11.6 Å². The molecule has 2 aromatic carbocycles. The molecule has 1 aliphatic carbocycles. The monoisotopic (exact) mass is 376 g/mol. The van der Waals surface area contributed by atoms with E-state index in [1.807, 2.05) is 30.6 Å². The minimum atomic E-state index is 0.188. The predicted molar refractivity (Wildman–Crippen MR) is 113 cm³/mol. The van der Waals surface area contributed by atoms with E-state index >= 15 is 0 Å². The highest BCUT2D eigenvalue weighted by atomic mass is 35.5. The van der Waals surface area contributed by atoms with Crippen LogP contribution in [0.5, 0.6) is 0 Å². The fourth-order valence-electron chi connectivity index (χ4n) is 3.95. The molecule has 3 heteroatoms. The van der Waals surface area contributed by atoms with Crippen molar-refractivity contribution in [2.24, 2.45) is 0 Å². The summed E-state index contributed by atoms with van der Waals surface area (Å²) in [6.07, 6.45) is 10.3. The Morgan fingerprint density at radius 2 is 1.48 bits per heavy atom. The molecule has 1 saturated carbocycles. The summed E-state index contributed by atoms with van der Waals surface area (Å²) in [4.78, 5) is 4.23. The second-order valence-corrected chi connectivity index (χ2v) is 7.79.